The molecule has 0 bridgehead atoms. The molecule has 2 atom stereocenters. The fourth-order valence-corrected chi connectivity index (χ4v) is 5.09. The lowest BCUT2D eigenvalue weighted by atomic mass is 10.0. The zero-order valence-electron chi connectivity index (χ0n) is 18.1. The zero-order valence-corrected chi connectivity index (χ0v) is 18.9. The maximum Gasteiger partial charge on any atom is 0.218 e. The summed E-state index contributed by atoms with van der Waals surface area (Å²) in [5.41, 5.74) is 1.80. The summed E-state index contributed by atoms with van der Waals surface area (Å²) < 4.78 is 44.9. The summed E-state index contributed by atoms with van der Waals surface area (Å²) in [6, 6.07) is 14.8. The molecule has 31 heavy (non-hydrogen) atoms. The Bertz CT molecular complexity index is 938. The number of hydrogen-bond acceptors (Lipinski definition) is 7. The lowest BCUT2D eigenvalue weighted by Crippen LogP contribution is -2.39. The van der Waals surface area contributed by atoms with Crippen LogP contribution in [0, 0.1) is 0 Å². The van der Waals surface area contributed by atoms with Crippen LogP contribution in [-0.2, 0) is 26.2 Å². The molecule has 0 saturated carbocycles. The molecule has 9 heteroatoms. The third kappa shape index (κ3) is 5.96. The normalized spacial score (nSPS) is 19.5. The standard InChI is InChI=1S/C22H30N2O6S/c1-24-22(21(16-30-24)31(25,26)23-12-7-13-27-2)18-10-11-19(28-3)20(14-18)29-15-17-8-5-4-6-9-17/h4-6,8-11,14,21-23H,7,12-13,15-16H2,1-3H3/t21-,22-/m0/s1. The van der Waals surface area contributed by atoms with Gasteiger partial charge in [0.25, 0.3) is 0 Å². The molecule has 1 fully saturated rings. The number of nitrogens with zero attached hydrogens (tertiary/aromatic N) is 1. The van der Waals surface area contributed by atoms with Crippen molar-refractivity contribution >= 4 is 10.0 Å². The molecule has 0 aliphatic carbocycles. The van der Waals surface area contributed by atoms with Crippen LogP contribution in [-0.4, -0.2) is 59.8 Å². The van der Waals surface area contributed by atoms with Gasteiger partial charge in [-0.15, -0.1) is 0 Å². The lowest BCUT2D eigenvalue weighted by molar-refractivity contribution is -0.110. The number of benzene rings is 2. The van der Waals surface area contributed by atoms with Gasteiger partial charge in [0, 0.05) is 27.3 Å². The van der Waals surface area contributed by atoms with Gasteiger partial charge in [-0.25, -0.2) is 13.1 Å². The second-order valence-corrected chi connectivity index (χ2v) is 9.28. The Labute approximate surface area is 184 Å². The van der Waals surface area contributed by atoms with Gasteiger partial charge in [0.15, 0.2) is 11.5 Å². The average Bonchev–Trinajstić information content (AvgIpc) is 3.18. The Morgan fingerprint density at radius 3 is 2.61 bits per heavy atom. The summed E-state index contributed by atoms with van der Waals surface area (Å²) in [7, 11) is 1.30. The molecule has 170 valence electrons. The van der Waals surface area contributed by atoms with Gasteiger partial charge in [-0.1, -0.05) is 36.4 Å². The van der Waals surface area contributed by atoms with Crippen LogP contribution in [0.5, 0.6) is 11.5 Å². The Balaban J connectivity index is 1.80. The Kier molecular flexibility index (Phi) is 8.28. The molecule has 1 saturated heterocycles. The van der Waals surface area contributed by atoms with E-state index < -0.39 is 21.3 Å². The van der Waals surface area contributed by atoms with E-state index in [4.69, 9.17) is 19.0 Å². The van der Waals surface area contributed by atoms with Crippen LogP contribution in [0.15, 0.2) is 48.5 Å². The lowest BCUT2D eigenvalue weighted by Gasteiger charge is -2.24. The zero-order chi connectivity index (χ0) is 22.3. The van der Waals surface area contributed by atoms with Crippen LogP contribution >= 0.6 is 0 Å². The Morgan fingerprint density at radius 1 is 1.13 bits per heavy atom. The van der Waals surface area contributed by atoms with Crippen LogP contribution in [0.1, 0.15) is 23.6 Å². The highest BCUT2D eigenvalue weighted by molar-refractivity contribution is 7.90. The van der Waals surface area contributed by atoms with Crippen molar-refractivity contribution in [1.29, 1.82) is 0 Å². The molecule has 0 unspecified atom stereocenters. The summed E-state index contributed by atoms with van der Waals surface area (Å²) in [5.74, 6) is 1.13. The van der Waals surface area contributed by atoms with E-state index in [2.05, 4.69) is 4.72 Å². The van der Waals surface area contributed by atoms with Gasteiger partial charge in [0.1, 0.15) is 11.9 Å². The first kappa shape index (κ1) is 23.5. The molecule has 0 aromatic heterocycles. The number of ether oxygens (including phenoxy) is 3. The summed E-state index contributed by atoms with van der Waals surface area (Å²) >= 11 is 0. The molecule has 0 spiro atoms. The smallest absolute Gasteiger partial charge is 0.218 e. The predicted molar refractivity (Wildman–Crippen MR) is 117 cm³/mol. The van der Waals surface area contributed by atoms with Crippen molar-refractivity contribution in [3.63, 3.8) is 0 Å². The van der Waals surface area contributed by atoms with E-state index in [1.54, 1.807) is 32.4 Å². The number of nitrogens with one attached hydrogen (secondary N) is 1. The van der Waals surface area contributed by atoms with Crippen molar-refractivity contribution in [1.82, 2.24) is 9.79 Å². The van der Waals surface area contributed by atoms with Crippen molar-refractivity contribution in [3.8, 4) is 11.5 Å². The van der Waals surface area contributed by atoms with Gasteiger partial charge >= 0.3 is 0 Å². The van der Waals surface area contributed by atoms with Crippen LogP contribution < -0.4 is 14.2 Å². The summed E-state index contributed by atoms with van der Waals surface area (Å²) in [5, 5.41) is 0.831. The first-order valence-corrected chi connectivity index (χ1v) is 11.7. The van der Waals surface area contributed by atoms with E-state index in [0.717, 1.165) is 11.1 Å². The average molecular weight is 451 g/mol. The number of rotatable bonds is 11. The van der Waals surface area contributed by atoms with Crippen molar-refractivity contribution in [3.05, 3.63) is 59.7 Å². The van der Waals surface area contributed by atoms with Gasteiger partial charge in [0.05, 0.1) is 19.8 Å². The Hall–Kier alpha value is -2.17. The van der Waals surface area contributed by atoms with Crippen LogP contribution in [0.25, 0.3) is 0 Å². The van der Waals surface area contributed by atoms with Crippen LogP contribution in [0.3, 0.4) is 0 Å². The quantitative estimate of drug-likeness (QED) is 0.527. The number of hydrogen-bond donors (Lipinski definition) is 1. The van der Waals surface area contributed by atoms with Gasteiger partial charge in [-0.3, -0.25) is 4.84 Å². The van der Waals surface area contributed by atoms with Gasteiger partial charge in [0.2, 0.25) is 10.0 Å². The molecule has 0 amide bonds. The van der Waals surface area contributed by atoms with E-state index in [-0.39, 0.29) is 6.61 Å². The fraction of sp³-hybridized carbons (Fsp3) is 0.455. The molecule has 2 aromatic carbocycles. The first-order chi connectivity index (χ1) is 15.0. The van der Waals surface area contributed by atoms with Crippen molar-refractivity contribution in [2.75, 3.05) is 41.0 Å². The monoisotopic (exact) mass is 450 g/mol. The van der Waals surface area contributed by atoms with E-state index in [1.165, 1.54) is 0 Å². The molecule has 0 radical (unpaired) electrons. The first-order valence-electron chi connectivity index (χ1n) is 10.1. The molecule has 2 aromatic rings. The molecule has 8 nitrogen and oxygen atoms in total. The van der Waals surface area contributed by atoms with Gasteiger partial charge in [-0.2, -0.15) is 5.06 Å². The van der Waals surface area contributed by atoms with Crippen molar-refractivity contribution in [2.45, 2.75) is 24.3 Å². The van der Waals surface area contributed by atoms with Crippen LogP contribution in [0.2, 0.25) is 0 Å². The van der Waals surface area contributed by atoms with Crippen molar-refractivity contribution < 1.29 is 27.5 Å². The molecule has 3 rings (SSSR count). The molecule has 1 heterocycles. The molecule has 1 N–H and O–H groups in total. The Morgan fingerprint density at radius 2 is 1.90 bits per heavy atom. The van der Waals surface area contributed by atoms with Crippen LogP contribution in [0.4, 0.5) is 0 Å². The van der Waals surface area contributed by atoms with Gasteiger partial charge in [-0.05, 0) is 29.7 Å². The predicted octanol–water partition coefficient (Wildman–Crippen LogP) is 2.52. The molecular weight excluding hydrogens is 420 g/mol. The van der Waals surface area contributed by atoms with Gasteiger partial charge < -0.3 is 14.2 Å². The highest BCUT2D eigenvalue weighted by Crippen LogP contribution is 2.38. The minimum absolute atomic E-state index is 0.0764. The summed E-state index contributed by atoms with van der Waals surface area (Å²) in [4.78, 5) is 5.59. The van der Waals surface area contributed by atoms with E-state index in [1.807, 2.05) is 42.5 Å². The summed E-state index contributed by atoms with van der Waals surface area (Å²) in [6.07, 6.45) is 0.601. The number of methoxy groups -OCH3 is 2. The molecule has 1 aliphatic rings. The third-order valence-corrected chi connectivity index (χ3v) is 6.98. The second-order valence-electron chi connectivity index (χ2n) is 7.30. The van der Waals surface area contributed by atoms with Crippen molar-refractivity contribution in [2.24, 2.45) is 0 Å². The number of sulfonamides is 1. The number of hydroxylamine groups is 2. The topological polar surface area (TPSA) is 86.3 Å². The van der Waals surface area contributed by atoms with E-state index in [9.17, 15) is 8.42 Å². The SMILES string of the molecule is COCCCNS(=O)(=O)[C@H]1CON(C)[C@H]1c1ccc(OC)c(OCc2ccccc2)c1. The highest BCUT2D eigenvalue weighted by Gasteiger charge is 2.43. The molecular formula is C22H30N2O6S. The minimum atomic E-state index is -3.60. The highest BCUT2D eigenvalue weighted by atomic mass is 32.2. The van der Waals surface area contributed by atoms with E-state index >= 15 is 0 Å². The second kappa shape index (κ2) is 10.9. The molecule has 1 aliphatic heterocycles. The largest absolute Gasteiger partial charge is 0.493 e. The third-order valence-electron chi connectivity index (χ3n) is 5.18. The maximum absolute atomic E-state index is 12.9. The minimum Gasteiger partial charge on any atom is -0.493 e. The maximum atomic E-state index is 12.9. The fourth-order valence-electron chi connectivity index (χ4n) is 3.54. The van der Waals surface area contributed by atoms with E-state index in [0.29, 0.717) is 37.7 Å². The summed E-state index contributed by atoms with van der Waals surface area (Å²) in [6.45, 7) is 1.26.